The lowest BCUT2D eigenvalue weighted by atomic mass is 9.89. The Labute approximate surface area is 137 Å². The van der Waals surface area contributed by atoms with Crippen LogP contribution in [0.3, 0.4) is 0 Å². The summed E-state index contributed by atoms with van der Waals surface area (Å²) in [5, 5.41) is 0. The van der Waals surface area contributed by atoms with Gasteiger partial charge in [-0.15, -0.1) is 0 Å². The molecule has 2 aliphatic rings. The molecule has 3 nitrogen and oxygen atoms in total. The highest BCUT2D eigenvalue weighted by Gasteiger charge is 2.37. The van der Waals surface area contributed by atoms with Crippen LogP contribution in [0.5, 0.6) is 0 Å². The topological polar surface area (TPSA) is 29.5 Å². The Hall–Kier alpha value is -1.42. The van der Waals surface area contributed by atoms with E-state index < -0.39 is 0 Å². The summed E-state index contributed by atoms with van der Waals surface area (Å²) in [7, 11) is 0. The number of morpholine rings is 1. The van der Waals surface area contributed by atoms with Crippen molar-refractivity contribution >= 4 is 5.91 Å². The van der Waals surface area contributed by atoms with Gasteiger partial charge in [-0.05, 0) is 62.6 Å². The van der Waals surface area contributed by atoms with Crippen LogP contribution in [0.2, 0.25) is 0 Å². The van der Waals surface area contributed by atoms with Crippen LogP contribution in [0.4, 0.5) is 4.39 Å². The molecule has 0 bridgehead atoms. The first-order valence-electron chi connectivity index (χ1n) is 8.62. The Kier molecular flexibility index (Phi) is 4.72. The minimum Gasteiger partial charge on any atom is -0.377 e. The van der Waals surface area contributed by atoms with E-state index >= 15 is 0 Å². The quantitative estimate of drug-likeness (QED) is 0.848. The van der Waals surface area contributed by atoms with E-state index in [0.717, 1.165) is 5.56 Å². The first-order chi connectivity index (χ1) is 11.0. The van der Waals surface area contributed by atoms with Crippen molar-refractivity contribution in [2.24, 2.45) is 5.92 Å². The average molecular weight is 319 g/mol. The number of hydrogen-bond acceptors (Lipinski definition) is 2. The molecule has 1 saturated carbocycles. The molecule has 1 heterocycles. The fourth-order valence-corrected chi connectivity index (χ4v) is 3.74. The highest BCUT2D eigenvalue weighted by Crippen LogP contribution is 2.45. The van der Waals surface area contributed by atoms with Crippen molar-refractivity contribution in [2.75, 3.05) is 13.2 Å². The summed E-state index contributed by atoms with van der Waals surface area (Å²) in [5.41, 5.74) is 1.77. The van der Waals surface area contributed by atoms with Crippen LogP contribution >= 0.6 is 0 Å². The molecular formula is C19H26FNO2. The number of hydrogen-bond donors (Lipinski definition) is 0. The van der Waals surface area contributed by atoms with Crippen molar-refractivity contribution in [1.82, 2.24) is 4.90 Å². The van der Waals surface area contributed by atoms with Crippen molar-refractivity contribution in [2.45, 2.75) is 58.0 Å². The minimum atomic E-state index is -0.176. The van der Waals surface area contributed by atoms with Gasteiger partial charge in [0.2, 0.25) is 5.91 Å². The Balaban J connectivity index is 1.77. The molecule has 1 aliphatic heterocycles. The van der Waals surface area contributed by atoms with Gasteiger partial charge in [-0.2, -0.15) is 0 Å². The van der Waals surface area contributed by atoms with Crippen LogP contribution in [0.25, 0.3) is 0 Å². The molecule has 1 aliphatic carbocycles. The van der Waals surface area contributed by atoms with Gasteiger partial charge in [0, 0.05) is 6.42 Å². The van der Waals surface area contributed by atoms with Gasteiger partial charge in [0.25, 0.3) is 0 Å². The maximum atomic E-state index is 13.5. The average Bonchev–Trinajstić information content (AvgIpc) is 3.32. The number of carbonyl (C=O) groups is 1. The molecule has 1 saturated heterocycles. The molecule has 2 fully saturated rings. The highest BCUT2D eigenvalue weighted by atomic mass is 19.1. The molecule has 0 spiro atoms. The van der Waals surface area contributed by atoms with Crippen molar-refractivity contribution in [3.63, 3.8) is 0 Å². The second-order valence-electron chi connectivity index (χ2n) is 7.19. The van der Waals surface area contributed by atoms with E-state index in [1.165, 1.54) is 18.9 Å². The maximum Gasteiger partial charge on any atom is 0.223 e. The summed E-state index contributed by atoms with van der Waals surface area (Å²) in [6, 6.07) is 5.55. The molecule has 1 aromatic rings. The summed E-state index contributed by atoms with van der Waals surface area (Å²) in [4.78, 5) is 14.9. The van der Waals surface area contributed by atoms with E-state index in [9.17, 15) is 9.18 Å². The minimum absolute atomic E-state index is 0.126. The van der Waals surface area contributed by atoms with Crippen molar-refractivity contribution in [3.8, 4) is 0 Å². The summed E-state index contributed by atoms with van der Waals surface area (Å²) in [6.07, 6.45) is 2.86. The van der Waals surface area contributed by atoms with Gasteiger partial charge < -0.3 is 9.64 Å². The number of nitrogens with zero attached hydrogens (tertiary/aromatic N) is 1. The van der Waals surface area contributed by atoms with Gasteiger partial charge in [-0.25, -0.2) is 4.39 Å². The second kappa shape index (κ2) is 6.60. The standard InChI is InChI=1S/C19H26FNO2/c1-12-8-16(6-7-18(12)20)17(15-4-5-15)9-19(22)21-13(2)10-23-11-14(21)3/h6-8,13-15,17H,4-5,9-11H2,1-3H3. The van der Waals surface area contributed by atoms with Crippen LogP contribution in [0, 0.1) is 18.7 Å². The molecule has 0 N–H and O–H groups in total. The molecule has 3 unspecified atom stereocenters. The monoisotopic (exact) mass is 319 g/mol. The van der Waals surface area contributed by atoms with E-state index in [2.05, 4.69) is 0 Å². The molecule has 3 atom stereocenters. The van der Waals surface area contributed by atoms with Crippen molar-refractivity contribution in [1.29, 1.82) is 0 Å². The first-order valence-corrected chi connectivity index (χ1v) is 8.62. The van der Waals surface area contributed by atoms with E-state index in [0.29, 0.717) is 31.1 Å². The number of benzene rings is 1. The molecule has 0 radical (unpaired) electrons. The number of halogens is 1. The van der Waals surface area contributed by atoms with Crippen molar-refractivity contribution < 1.29 is 13.9 Å². The molecule has 23 heavy (non-hydrogen) atoms. The van der Waals surface area contributed by atoms with Crippen LogP contribution in [-0.4, -0.2) is 36.1 Å². The predicted molar refractivity (Wildman–Crippen MR) is 87.8 cm³/mol. The molecule has 1 aromatic carbocycles. The number of carbonyl (C=O) groups excluding carboxylic acids is 1. The Morgan fingerprint density at radius 1 is 1.30 bits per heavy atom. The van der Waals surface area contributed by atoms with Crippen LogP contribution in [0.15, 0.2) is 18.2 Å². The third kappa shape index (κ3) is 3.57. The number of amides is 1. The maximum absolute atomic E-state index is 13.5. The van der Waals surface area contributed by atoms with Crippen LogP contribution in [0.1, 0.15) is 50.2 Å². The molecule has 4 heteroatoms. The van der Waals surface area contributed by atoms with Gasteiger partial charge >= 0.3 is 0 Å². The molecule has 1 amide bonds. The largest absolute Gasteiger partial charge is 0.377 e. The van der Waals surface area contributed by atoms with Gasteiger partial charge in [0.05, 0.1) is 25.3 Å². The summed E-state index contributed by atoms with van der Waals surface area (Å²) in [6.45, 7) is 7.10. The lowest BCUT2D eigenvalue weighted by molar-refractivity contribution is -0.144. The SMILES string of the molecule is Cc1cc(C(CC(=O)N2C(C)COCC2C)C2CC2)ccc1F. The van der Waals surface area contributed by atoms with Crippen LogP contribution in [-0.2, 0) is 9.53 Å². The smallest absolute Gasteiger partial charge is 0.223 e. The molecule has 0 aromatic heterocycles. The number of ether oxygens (including phenoxy) is 1. The van der Waals surface area contributed by atoms with E-state index in [-0.39, 0.29) is 29.7 Å². The second-order valence-corrected chi connectivity index (χ2v) is 7.19. The Bertz CT molecular complexity index is 575. The normalized spacial score (nSPS) is 26.2. The third-order valence-corrected chi connectivity index (χ3v) is 5.15. The molecule has 126 valence electrons. The zero-order valence-corrected chi connectivity index (χ0v) is 14.2. The predicted octanol–water partition coefficient (Wildman–Crippen LogP) is 3.65. The molecular weight excluding hydrogens is 293 g/mol. The highest BCUT2D eigenvalue weighted by molar-refractivity contribution is 5.78. The summed E-state index contributed by atoms with van der Waals surface area (Å²) >= 11 is 0. The Morgan fingerprint density at radius 2 is 1.96 bits per heavy atom. The van der Waals surface area contributed by atoms with Gasteiger partial charge in [0.15, 0.2) is 0 Å². The van der Waals surface area contributed by atoms with Gasteiger partial charge in [0.1, 0.15) is 5.82 Å². The lowest BCUT2D eigenvalue weighted by Crippen LogP contribution is -2.52. The number of aryl methyl sites for hydroxylation is 1. The third-order valence-electron chi connectivity index (χ3n) is 5.15. The van der Waals surface area contributed by atoms with Gasteiger partial charge in [-0.3, -0.25) is 4.79 Å². The van der Waals surface area contributed by atoms with E-state index in [1.54, 1.807) is 6.92 Å². The number of rotatable bonds is 4. The lowest BCUT2D eigenvalue weighted by Gasteiger charge is -2.39. The van der Waals surface area contributed by atoms with Gasteiger partial charge in [-0.1, -0.05) is 12.1 Å². The Morgan fingerprint density at radius 3 is 2.52 bits per heavy atom. The van der Waals surface area contributed by atoms with Crippen LogP contribution < -0.4 is 0 Å². The fourth-order valence-electron chi connectivity index (χ4n) is 3.74. The molecule has 3 rings (SSSR count). The summed E-state index contributed by atoms with van der Waals surface area (Å²) < 4.78 is 19.1. The first kappa shape index (κ1) is 16.4. The van der Waals surface area contributed by atoms with E-state index in [1.807, 2.05) is 30.9 Å². The summed E-state index contributed by atoms with van der Waals surface area (Å²) in [5.74, 6) is 0.803. The zero-order chi connectivity index (χ0) is 16.6. The fraction of sp³-hybridized carbons (Fsp3) is 0.632. The van der Waals surface area contributed by atoms with Crippen molar-refractivity contribution in [3.05, 3.63) is 35.1 Å². The van der Waals surface area contributed by atoms with E-state index in [4.69, 9.17) is 4.74 Å². The zero-order valence-electron chi connectivity index (χ0n) is 14.2.